The van der Waals surface area contributed by atoms with Gasteiger partial charge in [-0.3, -0.25) is 0 Å². The van der Waals surface area contributed by atoms with Crippen LogP contribution >= 0.6 is 0 Å². The van der Waals surface area contributed by atoms with Crippen LogP contribution in [0.4, 0.5) is 0 Å². The molecular weight excluding hydrogens is 292 g/mol. The zero-order valence-electron chi connectivity index (χ0n) is 15.3. The second-order valence-electron chi connectivity index (χ2n) is 8.42. The van der Waals surface area contributed by atoms with Gasteiger partial charge in [-0.2, -0.15) is 0 Å². The van der Waals surface area contributed by atoms with Gasteiger partial charge in [-0.05, 0) is 69.4 Å². The summed E-state index contributed by atoms with van der Waals surface area (Å²) in [7, 11) is -1.58. The second-order valence-corrected chi connectivity index (χ2v) is 12.7. The summed E-state index contributed by atoms with van der Waals surface area (Å²) in [5, 5.41) is 3.46. The number of hydrogen-bond donors (Lipinski definition) is 0. The van der Waals surface area contributed by atoms with Crippen LogP contribution < -0.4 is 0 Å². The molecule has 23 heavy (non-hydrogen) atoms. The van der Waals surface area contributed by atoms with Crippen molar-refractivity contribution in [3.63, 3.8) is 0 Å². The van der Waals surface area contributed by atoms with E-state index in [-0.39, 0.29) is 0 Å². The topological polar surface area (TPSA) is 0 Å². The van der Waals surface area contributed by atoms with Crippen LogP contribution in [0, 0.1) is 12.3 Å². The first-order valence-electron chi connectivity index (χ1n) is 9.57. The monoisotopic (exact) mass is 322 g/mol. The van der Waals surface area contributed by atoms with Gasteiger partial charge in [-0.15, -0.1) is 0 Å². The summed E-state index contributed by atoms with van der Waals surface area (Å²) in [6.07, 6.45) is 16.0. The molecule has 0 aromatic heterocycles. The first-order valence-corrected chi connectivity index (χ1v) is 12.6. The van der Waals surface area contributed by atoms with Crippen molar-refractivity contribution in [3.8, 4) is 0 Å². The van der Waals surface area contributed by atoms with E-state index in [0.717, 1.165) is 0 Å². The SMILES string of the molecule is C[C]1C2=C(CCCC2)C(C)=C1[Si](C)(C)C1=CC2=C([CH]1)CCCC2. The van der Waals surface area contributed by atoms with Crippen molar-refractivity contribution in [3.05, 3.63) is 56.7 Å². The molecule has 0 aliphatic heterocycles. The molecule has 0 N–H and O–H groups in total. The minimum atomic E-state index is -1.58. The summed E-state index contributed by atoms with van der Waals surface area (Å²) >= 11 is 0. The first kappa shape index (κ1) is 15.7. The molecule has 4 aliphatic rings. The highest BCUT2D eigenvalue weighted by atomic mass is 28.3. The summed E-state index contributed by atoms with van der Waals surface area (Å²) < 4.78 is 0. The number of allylic oxidation sites excluding steroid dienone is 8. The molecule has 0 atom stereocenters. The normalized spacial score (nSPS) is 26.0. The van der Waals surface area contributed by atoms with Crippen molar-refractivity contribution in [1.29, 1.82) is 0 Å². The van der Waals surface area contributed by atoms with E-state index in [2.05, 4.69) is 39.4 Å². The first-order chi connectivity index (χ1) is 11.0. The van der Waals surface area contributed by atoms with Gasteiger partial charge >= 0.3 is 0 Å². The maximum atomic E-state index is 2.59. The van der Waals surface area contributed by atoms with Crippen molar-refractivity contribution in [2.75, 3.05) is 0 Å². The van der Waals surface area contributed by atoms with E-state index >= 15 is 0 Å². The molecular formula is C22H30Si. The summed E-state index contributed by atoms with van der Waals surface area (Å²) in [6, 6.07) is 0. The van der Waals surface area contributed by atoms with Crippen LogP contribution in [-0.4, -0.2) is 8.07 Å². The minimum absolute atomic E-state index is 1.31. The molecule has 0 aromatic rings. The molecule has 4 aliphatic carbocycles. The van der Waals surface area contributed by atoms with E-state index in [9.17, 15) is 0 Å². The maximum Gasteiger partial charge on any atom is 0.105 e. The molecule has 0 amide bonds. The molecule has 0 saturated heterocycles. The third-order valence-corrected chi connectivity index (χ3v) is 10.4. The van der Waals surface area contributed by atoms with Gasteiger partial charge in [0, 0.05) is 12.3 Å². The van der Waals surface area contributed by atoms with E-state index in [4.69, 9.17) is 0 Å². The molecule has 0 aromatic carbocycles. The van der Waals surface area contributed by atoms with Crippen LogP contribution in [0.15, 0.2) is 44.3 Å². The Morgan fingerprint density at radius 2 is 1.39 bits per heavy atom. The average molecular weight is 323 g/mol. The smallest absolute Gasteiger partial charge is 0.0682 e. The van der Waals surface area contributed by atoms with Crippen LogP contribution in [-0.2, 0) is 0 Å². The highest BCUT2D eigenvalue weighted by Gasteiger charge is 2.42. The Bertz CT molecular complexity index is 666. The van der Waals surface area contributed by atoms with Gasteiger partial charge in [0.25, 0.3) is 0 Å². The standard InChI is InChI=1S/C22H30Si/c1-15-20-11-7-8-12-21(20)16(2)22(15)23(3,4)19-13-17-9-5-6-10-18(17)14-19/h13-14H,5-12H2,1-4H3. The van der Waals surface area contributed by atoms with Gasteiger partial charge in [0.05, 0.1) is 0 Å². The lowest BCUT2D eigenvalue weighted by atomic mass is 9.88. The lowest BCUT2D eigenvalue weighted by molar-refractivity contribution is 0.681. The van der Waals surface area contributed by atoms with E-state index < -0.39 is 8.07 Å². The lowest BCUT2D eigenvalue weighted by Gasteiger charge is -2.31. The Balaban J connectivity index is 1.66. The molecule has 0 nitrogen and oxygen atoms in total. The number of rotatable bonds is 2. The highest BCUT2D eigenvalue weighted by molar-refractivity contribution is 6.92. The van der Waals surface area contributed by atoms with Crippen LogP contribution in [0.3, 0.4) is 0 Å². The second kappa shape index (κ2) is 5.62. The Morgan fingerprint density at radius 3 is 2.04 bits per heavy atom. The van der Waals surface area contributed by atoms with Gasteiger partial charge in [0.2, 0.25) is 0 Å². The van der Waals surface area contributed by atoms with E-state index in [1.165, 1.54) is 51.4 Å². The van der Waals surface area contributed by atoms with Gasteiger partial charge in [0.1, 0.15) is 8.07 Å². The molecule has 0 spiro atoms. The third kappa shape index (κ3) is 2.38. The van der Waals surface area contributed by atoms with Crippen molar-refractivity contribution in [2.45, 2.75) is 78.3 Å². The van der Waals surface area contributed by atoms with Crippen molar-refractivity contribution < 1.29 is 0 Å². The fraction of sp³-hybridized carbons (Fsp3) is 0.545. The molecule has 4 rings (SSSR count). The zero-order chi connectivity index (χ0) is 16.2. The van der Waals surface area contributed by atoms with E-state index in [1.807, 2.05) is 0 Å². The van der Waals surface area contributed by atoms with Crippen LogP contribution in [0.5, 0.6) is 0 Å². The van der Waals surface area contributed by atoms with Crippen LogP contribution in [0.2, 0.25) is 13.1 Å². The maximum absolute atomic E-state index is 2.59. The average Bonchev–Trinajstić information content (AvgIpc) is 3.09. The van der Waals surface area contributed by atoms with Crippen molar-refractivity contribution in [2.24, 2.45) is 0 Å². The van der Waals surface area contributed by atoms with E-state index in [0.29, 0.717) is 0 Å². The predicted octanol–water partition coefficient (Wildman–Crippen LogP) is 6.58. The summed E-state index contributed by atoms with van der Waals surface area (Å²) in [5.74, 6) is 1.66. The minimum Gasteiger partial charge on any atom is -0.0682 e. The molecule has 0 saturated carbocycles. The largest absolute Gasteiger partial charge is 0.105 e. The fourth-order valence-electron chi connectivity index (χ4n) is 5.46. The van der Waals surface area contributed by atoms with Crippen LogP contribution in [0.25, 0.3) is 0 Å². The van der Waals surface area contributed by atoms with Crippen molar-refractivity contribution in [1.82, 2.24) is 0 Å². The molecule has 0 fully saturated rings. The summed E-state index contributed by atoms with van der Waals surface area (Å²) in [4.78, 5) is 0. The van der Waals surface area contributed by atoms with Crippen molar-refractivity contribution >= 4 is 8.07 Å². The Labute approximate surface area is 143 Å². The Morgan fingerprint density at radius 1 is 0.783 bits per heavy atom. The van der Waals surface area contributed by atoms with Gasteiger partial charge < -0.3 is 0 Å². The molecule has 122 valence electrons. The Kier molecular flexibility index (Phi) is 3.83. The Hall–Kier alpha value is -0.823. The van der Waals surface area contributed by atoms with Crippen LogP contribution in [0.1, 0.15) is 65.2 Å². The summed E-state index contributed by atoms with van der Waals surface area (Å²) in [5.41, 5.74) is 8.44. The number of hydrogen-bond acceptors (Lipinski definition) is 0. The quantitative estimate of drug-likeness (QED) is 0.503. The van der Waals surface area contributed by atoms with Gasteiger partial charge in [-0.25, -0.2) is 0 Å². The molecule has 1 heteroatoms. The van der Waals surface area contributed by atoms with Gasteiger partial charge in [-0.1, -0.05) is 53.2 Å². The predicted molar refractivity (Wildman–Crippen MR) is 102 cm³/mol. The van der Waals surface area contributed by atoms with E-state index in [1.54, 1.807) is 44.2 Å². The molecule has 0 unspecified atom stereocenters. The molecule has 0 bridgehead atoms. The molecule has 0 heterocycles. The lowest BCUT2D eigenvalue weighted by Crippen LogP contribution is -2.35. The zero-order valence-corrected chi connectivity index (χ0v) is 16.3. The fourth-order valence-corrected chi connectivity index (χ4v) is 8.99. The summed E-state index contributed by atoms with van der Waals surface area (Å²) in [6.45, 7) is 10.0. The molecule has 2 radical (unpaired) electrons. The third-order valence-electron chi connectivity index (χ3n) is 6.68. The highest BCUT2D eigenvalue weighted by Crippen LogP contribution is 2.51. The van der Waals surface area contributed by atoms with Gasteiger partial charge in [0.15, 0.2) is 0 Å².